The van der Waals surface area contributed by atoms with E-state index in [0.29, 0.717) is 13.1 Å². The van der Waals surface area contributed by atoms with Crippen molar-refractivity contribution in [3.8, 4) is 0 Å². The largest absolute Gasteiger partial charge is 0.480 e. The van der Waals surface area contributed by atoms with Crippen LogP contribution in [0.25, 0.3) is 0 Å². The lowest BCUT2D eigenvalue weighted by atomic mass is 10.3. The van der Waals surface area contributed by atoms with E-state index in [1.54, 1.807) is 4.90 Å². The molecule has 0 aromatic heterocycles. The van der Waals surface area contributed by atoms with Crippen LogP contribution < -0.4 is 0 Å². The van der Waals surface area contributed by atoms with E-state index in [1.165, 1.54) is 22.5 Å². The van der Waals surface area contributed by atoms with Crippen LogP contribution in [0.2, 0.25) is 0 Å². The Labute approximate surface area is 116 Å². The Balaban J connectivity index is 2.08. The average molecular weight is 302 g/mol. The molecule has 8 heteroatoms. The van der Waals surface area contributed by atoms with Crippen molar-refractivity contribution >= 4 is 16.0 Å². The van der Waals surface area contributed by atoms with Crippen molar-refractivity contribution < 1.29 is 22.7 Å². The summed E-state index contributed by atoms with van der Waals surface area (Å²) < 4.78 is 38.9. The van der Waals surface area contributed by atoms with Gasteiger partial charge in [0.05, 0.1) is 11.4 Å². The molecule has 0 radical (unpaired) electrons. The third-order valence-electron chi connectivity index (χ3n) is 3.12. The highest BCUT2D eigenvalue weighted by Crippen LogP contribution is 2.18. The van der Waals surface area contributed by atoms with E-state index < -0.39 is 21.8 Å². The molecule has 1 N–H and O–H groups in total. The number of halogens is 1. The summed E-state index contributed by atoms with van der Waals surface area (Å²) in [6, 6.07) is 4.87. The molecular weight excluding hydrogens is 287 g/mol. The monoisotopic (exact) mass is 302 g/mol. The molecule has 1 fully saturated rings. The number of rotatable bonds is 4. The lowest BCUT2D eigenvalue weighted by Crippen LogP contribution is -2.49. The van der Waals surface area contributed by atoms with Gasteiger partial charge in [-0.25, -0.2) is 12.8 Å². The Kier molecular flexibility index (Phi) is 4.36. The summed E-state index contributed by atoms with van der Waals surface area (Å²) in [4.78, 5) is 12.2. The van der Waals surface area contributed by atoms with Gasteiger partial charge in [0.25, 0.3) is 0 Å². The fraction of sp³-hybridized carbons (Fsp3) is 0.417. The van der Waals surface area contributed by atoms with Crippen LogP contribution in [0.3, 0.4) is 0 Å². The maximum Gasteiger partial charge on any atom is 0.317 e. The van der Waals surface area contributed by atoms with Gasteiger partial charge in [-0.3, -0.25) is 9.69 Å². The molecule has 0 unspecified atom stereocenters. The van der Waals surface area contributed by atoms with Crippen LogP contribution in [-0.4, -0.2) is 61.4 Å². The minimum Gasteiger partial charge on any atom is -0.480 e. The second-order valence-corrected chi connectivity index (χ2v) is 6.47. The van der Waals surface area contributed by atoms with Gasteiger partial charge in [-0.15, -0.1) is 0 Å². The molecule has 1 saturated heterocycles. The van der Waals surface area contributed by atoms with Gasteiger partial charge in [-0.1, -0.05) is 6.07 Å². The summed E-state index contributed by atoms with van der Waals surface area (Å²) >= 11 is 0. The number of piperazine rings is 1. The lowest BCUT2D eigenvalue weighted by molar-refractivity contribution is -0.138. The van der Waals surface area contributed by atoms with Gasteiger partial charge in [0.15, 0.2) is 0 Å². The lowest BCUT2D eigenvalue weighted by Gasteiger charge is -2.32. The quantitative estimate of drug-likeness (QED) is 0.860. The molecule has 20 heavy (non-hydrogen) atoms. The maximum atomic E-state index is 13.1. The fourth-order valence-electron chi connectivity index (χ4n) is 2.10. The SMILES string of the molecule is O=C(O)CN1CCN(S(=O)(=O)c2cccc(F)c2)CC1. The van der Waals surface area contributed by atoms with Gasteiger partial charge < -0.3 is 5.11 Å². The Bertz CT molecular complexity index is 597. The third kappa shape index (κ3) is 3.33. The second kappa shape index (κ2) is 5.86. The zero-order valence-corrected chi connectivity index (χ0v) is 11.5. The molecule has 1 aliphatic rings. The molecule has 1 aromatic carbocycles. The van der Waals surface area contributed by atoms with Crippen molar-refractivity contribution in [2.75, 3.05) is 32.7 Å². The van der Waals surface area contributed by atoms with E-state index in [1.807, 2.05) is 0 Å². The Morgan fingerprint density at radius 1 is 1.25 bits per heavy atom. The minimum atomic E-state index is -3.72. The van der Waals surface area contributed by atoms with Crippen molar-refractivity contribution in [2.45, 2.75) is 4.90 Å². The summed E-state index contributed by atoms with van der Waals surface area (Å²) in [5, 5.41) is 8.68. The number of aliphatic carboxylic acids is 1. The van der Waals surface area contributed by atoms with Gasteiger partial charge in [0.2, 0.25) is 10.0 Å². The average Bonchev–Trinajstić information content (AvgIpc) is 2.38. The summed E-state index contributed by atoms with van der Waals surface area (Å²) in [5.74, 6) is -1.54. The molecule has 0 atom stereocenters. The van der Waals surface area contributed by atoms with E-state index in [-0.39, 0.29) is 24.5 Å². The summed E-state index contributed by atoms with van der Waals surface area (Å²) in [6.45, 7) is 0.994. The van der Waals surface area contributed by atoms with Crippen LogP contribution in [0, 0.1) is 5.82 Å². The molecule has 0 bridgehead atoms. The van der Waals surface area contributed by atoms with Crippen molar-refractivity contribution in [2.24, 2.45) is 0 Å². The molecule has 6 nitrogen and oxygen atoms in total. The van der Waals surface area contributed by atoms with Crippen LogP contribution in [0.4, 0.5) is 4.39 Å². The first kappa shape index (κ1) is 14.9. The summed E-state index contributed by atoms with van der Waals surface area (Å²) in [5.41, 5.74) is 0. The smallest absolute Gasteiger partial charge is 0.317 e. The molecule has 2 rings (SSSR count). The highest BCUT2D eigenvalue weighted by molar-refractivity contribution is 7.89. The number of hydrogen-bond acceptors (Lipinski definition) is 4. The van der Waals surface area contributed by atoms with Crippen LogP contribution in [-0.2, 0) is 14.8 Å². The molecule has 0 aliphatic carbocycles. The number of carbonyl (C=O) groups is 1. The molecule has 0 amide bonds. The molecule has 0 saturated carbocycles. The molecule has 1 aliphatic heterocycles. The van der Waals surface area contributed by atoms with Gasteiger partial charge >= 0.3 is 5.97 Å². The van der Waals surface area contributed by atoms with Crippen LogP contribution in [0.15, 0.2) is 29.2 Å². The first-order valence-corrected chi connectivity index (χ1v) is 7.53. The minimum absolute atomic E-state index is 0.0795. The van der Waals surface area contributed by atoms with Gasteiger partial charge in [0.1, 0.15) is 5.82 Å². The standard InChI is InChI=1S/C12H15FN2O4S/c13-10-2-1-3-11(8-10)20(18,19)15-6-4-14(5-7-15)9-12(16)17/h1-3,8H,4-7,9H2,(H,16,17). The van der Waals surface area contributed by atoms with Gasteiger partial charge in [-0.05, 0) is 18.2 Å². The highest BCUT2D eigenvalue weighted by Gasteiger charge is 2.29. The predicted molar refractivity (Wildman–Crippen MR) is 69.2 cm³/mol. The molecular formula is C12H15FN2O4S. The van der Waals surface area contributed by atoms with Crippen LogP contribution >= 0.6 is 0 Å². The van der Waals surface area contributed by atoms with E-state index in [9.17, 15) is 17.6 Å². The zero-order valence-electron chi connectivity index (χ0n) is 10.7. The Morgan fingerprint density at radius 3 is 2.45 bits per heavy atom. The highest BCUT2D eigenvalue weighted by atomic mass is 32.2. The molecule has 1 heterocycles. The van der Waals surface area contributed by atoms with Gasteiger partial charge in [-0.2, -0.15) is 4.31 Å². The zero-order chi connectivity index (χ0) is 14.8. The topological polar surface area (TPSA) is 77.9 Å². The van der Waals surface area contributed by atoms with Gasteiger partial charge in [0, 0.05) is 26.2 Å². The third-order valence-corrected chi connectivity index (χ3v) is 5.02. The fourth-order valence-corrected chi connectivity index (χ4v) is 3.55. The normalized spacial score (nSPS) is 18.1. The molecule has 1 aromatic rings. The summed E-state index contributed by atoms with van der Waals surface area (Å²) in [6.07, 6.45) is 0. The van der Waals surface area contributed by atoms with Crippen molar-refractivity contribution in [3.63, 3.8) is 0 Å². The van der Waals surface area contributed by atoms with Crippen molar-refractivity contribution in [1.29, 1.82) is 0 Å². The summed E-state index contributed by atoms with van der Waals surface area (Å²) in [7, 11) is -3.72. The maximum absolute atomic E-state index is 13.1. The van der Waals surface area contributed by atoms with Crippen molar-refractivity contribution in [1.82, 2.24) is 9.21 Å². The van der Waals surface area contributed by atoms with Crippen LogP contribution in [0.1, 0.15) is 0 Å². The molecule has 110 valence electrons. The number of carboxylic acid groups (broad SMARTS) is 1. The number of sulfonamides is 1. The first-order valence-electron chi connectivity index (χ1n) is 6.09. The number of benzene rings is 1. The van der Waals surface area contributed by atoms with Crippen LogP contribution in [0.5, 0.6) is 0 Å². The Morgan fingerprint density at radius 2 is 1.90 bits per heavy atom. The predicted octanol–water partition coefficient (Wildman–Crippen LogP) is 0.217. The van der Waals surface area contributed by atoms with E-state index >= 15 is 0 Å². The molecule has 0 spiro atoms. The van der Waals surface area contributed by atoms with Crippen molar-refractivity contribution in [3.05, 3.63) is 30.1 Å². The second-order valence-electron chi connectivity index (χ2n) is 4.53. The number of hydrogen-bond donors (Lipinski definition) is 1. The number of nitrogens with zero attached hydrogens (tertiary/aromatic N) is 2. The van der Waals surface area contributed by atoms with E-state index in [0.717, 1.165) is 6.07 Å². The Hall–Kier alpha value is -1.51. The first-order chi connectivity index (χ1) is 9.39. The number of carboxylic acids is 1. The van der Waals surface area contributed by atoms with E-state index in [2.05, 4.69) is 0 Å². The van der Waals surface area contributed by atoms with E-state index in [4.69, 9.17) is 5.11 Å².